The van der Waals surface area contributed by atoms with Gasteiger partial charge in [0.25, 0.3) is 0 Å². The first-order valence-corrected chi connectivity index (χ1v) is 10.7. The molecule has 0 amide bonds. The first kappa shape index (κ1) is 17.5. The molecule has 0 aliphatic heterocycles. The number of hydrogen-bond acceptors (Lipinski definition) is 10. The Balaban J connectivity index is 1.49. The summed E-state index contributed by atoms with van der Waals surface area (Å²) in [5, 5.41) is 24.1. The number of anilines is 2. The highest BCUT2D eigenvalue weighted by Crippen LogP contribution is 2.30. The van der Waals surface area contributed by atoms with Crippen molar-refractivity contribution in [2.75, 3.05) is 24.7 Å². The van der Waals surface area contributed by atoms with Crippen molar-refractivity contribution in [3.8, 4) is 0 Å². The Morgan fingerprint density at radius 1 is 0.750 bits per heavy atom. The minimum absolute atomic E-state index is 0.850. The van der Waals surface area contributed by atoms with Crippen molar-refractivity contribution >= 4 is 56.5 Å². The van der Waals surface area contributed by atoms with Crippen molar-refractivity contribution < 1.29 is 0 Å². The molecule has 6 nitrogen and oxygen atoms in total. The van der Waals surface area contributed by atoms with Gasteiger partial charge in [0, 0.05) is 25.6 Å². The van der Waals surface area contributed by atoms with Crippen LogP contribution in [0.5, 0.6) is 0 Å². The van der Waals surface area contributed by atoms with Gasteiger partial charge in [0.15, 0.2) is 8.68 Å². The largest absolute Gasteiger partial charge is 0.363 e. The quantitative estimate of drug-likeness (QED) is 0.552. The molecule has 3 rings (SSSR count). The van der Waals surface area contributed by atoms with Gasteiger partial charge in [-0.25, -0.2) is 0 Å². The molecule has 2 heterocycles. The molecule has 0 aliphatic carbocycles. The normalized spacial score (nSPS) is 10.8. The van der Waals surface area contributed by atoms with E-state index in [-0.39, 0.29) is 0 Å². The number of nitrogens with one attached hydrogen (secondary N) is 2. The molecule has 3 aromatic rings. The maximum absolute atomic E-state index is 4.14. The fourth-order valence-electron chi connectivity index (χ4n) is 1.76. The second kappa shape index (κ2) is 8.65. The van der Waals surface area contributed by atoms with Crippen molar-refractivity contribution in [2.24, 2.45) is 0 Å². The molecule has 2 aromatic heterocycles. The molecule has 126 valence electrons. The number of nitrogens with zero attached hydrogens (tertiary/aromatic N) is 4. The number of benzene rings is 1. The van der Waals surface area contributed by atoms with Gasteiger partial charge in [-0.15, -0.1) is 20.4 Å². The van der Waals surface area contributed by atoms with Crippen molar-refractivity contribution in [3.63, 3.8) is 0 Å². The number of aromatic nitrogens is 4. The Kier molecular flexibility index (Phi) is 6.30. The van der Waals surface area contributed by atoms with Crippen molar-refractivity contribution in [3.05, 3.63) is 35.4 Å². The van der Waals surface area contributed by atoms with Gasteiger partial charge >= 0.3 is 0 Å². The summed E-state index contributed by atoms with van der Waals surface area (Å²) >= 11 is 6.56. The molecule has 0 atom stereocenters. The van der Waals surface area contributed by atoms with Gasteiger partial charge in [0.2, 0.25) is 10.3 Å². The van der Waals surface area contributed by atoms with Crippen molar-refractivity contribution in [2.45, 2.75) is 20.2 Å². The molecule has 0 unspecified atom stereocenters. The van der Waals surface area contributed by atoms with Crippen LogP contribution in [0.3, 0.4) is 0 Å². The van der Waals surface area contributed by atoms with Gasteiger partial charge in [-0.1, -0.05) is 70.5 Å². The minimum atomic E-state index is 0.850. The van der Waals surface area contributed by atoms with Crippen LogP contribution in [0.1, 0.15) is 11.1 Å². The van der Waals surface area contributed by atoms with Crippen LogP contribution < -0.4 is 10.6 Å². The fourth-order valence-corrected chi connectivity index (χ4v) is 5.08. The Labute approximate surface area is 156 Å². The lowest BCUT2D eigenvalue weighted by Crippen LogP contribution is -1.85. The maximum Gasteiger partial charge on any atom is 0.206 e. The average Bonchev–Trinajstić information content (AvgIpc) is 3.28. The SMILES string of the molecule is CNc1nnc(SCc2ccc(CSc3nnc(NC)s3)cc2)s1. The molecule has 2 N–H and O–H groups in total. The number of thioether (sulfide) groups is 2. The van der Waals surface area contributed by atoms with Gasteiger partial charge in [-0.05, 0) is 11.1 Å². The third-order valence-electron chi connectivity index (χ3n) is 2.99. The van der Waals surface area contributed by atoms with E-state index in [1.807, 2.05) is 14.1 Å². The minimum Gasteiger partial charge on any atom is -0.363 e. The summed E-state index contributed by atoms with van der Waals surface area (Å²) < 4.78 is 1.96. The summed E-state index contributed by atoms with van der Waals surface area (Å²) in [5.74, 6) is 1.79. The van der Waals surface area contributed by atoms with Gasteiger partial charge in [-0.3, -0.25) is 0 Å². The smallest absolute Gasteiger partial charge is 0.206 e. The van der Waals surface area contributed by atoms with Gasteiger partial charge < -0.3 is 10.6 Å². The second-order valence-electron chi connectivity index (χ2n) is 4.64. The van der Waals surface area contributed by atoms with Crippen LogP contribution in [0.15, 0.2) is 32.9 Å². The zero-order valence-electron chi connectivity index (χ0n) is 13.1. The summed E-state index contributed by atoms with van der Waals surface area (Å²) in [4.78, 5) is 0. The molecular weight excluding hydrogens is 380 g/mol. The highest BCUT2D eigenvalue weighted by Gasteiger charge is 2.05. The molecule has 0 spiro atoms. The zero-order chi connectivity index (χ0) is 16.8. The topological polar surface area (TPSA) is 75.6 Å². The third-order valence-corrected chi connectivity index (χ3v) is 7.28. The van der Waals surface area contributed by atoms with E-state index in [4.69, 9.17) is 0 Å². The van der Waals surface area contributed by atoms with Crippen LogP contribution in [-0.4, -0.2) is 34.5 Å². The lowest BCUT2D eigenvalue weighted by Gasteiger charge is -2.02. The number of rotatable bonds is 8. The van der Waals surface area contributed by atoms with Crippen molar-refractivity contribution in [1.29, 1.82) is 0 Å². The molecule has 0 bridgehead atoms. The van der Waals surface area contributed by atoms with E-state index >= 15 is 0 Å². The predicted molar refractivity (Wildman–Crippen MR) is 104 cm³/mol. The predicted octanol–water partition coefficient (Wildman–Crippen LogP) is 4.06. The van der Waals surface area contributed by atoms with E-state index in [2.05, 4.69) is 55.3 Å². The Hall–Kier alpha value is -1.36. The summed E-state index contributed by atoms with van der Waals surface area (Å²) in [6, 6.07) is 8.67. The van der Waals surface area contributed by atoms with E-state index in [9.17, 15) is 0 Å². The second-order valence-corrected chi connectivity index (χ2v) is 9.04. The van der Waals surface area contributed by atoms with Gasteiger partial charge in [0.1, 0.15) is 0 Å². The first-order chi connectivity index (χ1) is 11.8. The van der Waals surface area contributed by atoms with Gasteiger partial charge in [0.05, 0.1) is 0 Å². The molecule has 0 aliphatic rings. The summed E-state index contributed by atoms with van der Waals surface area (Å²) in [6.07, 6.45) is 0. The molecule has 24 heavy (non-hydrogen) atoms. The van der Waals surface area contributed by atoms with Crippen LogP contribution in [-0.2, 0) is 11.5 Å². The Morgan fingerprint density at radius 3 is 1.50 bits per heavy atom. The van der Waals surface area contributed by atoms with Gasteiger partial charge in [-0.2, -0.15) is 0 Å². The molecule has 1 aromatic carbocycles. The maximum atomic E-state index is 4.14. The molecule has 0 saturated heterocycles. The number of hydrogen-bond donors (Lipinski definition) is 2. The summed E-state index contributed by atoms with van der Waals surface area (Å²) in [7, 11) is 3.71. The lowest BCUT2D eigenvalue weighted by atomic mass is 10.2. The van der Waals surface area contributed by atoms with E-state index in [1.165, 1.54) is 11.1 Å². The van der Waals surface area contributed by atoms with Crippen LogP contribution in [0, 0.1) is 0 Å². The fraction of sp³-hybridized carbons (Fsp3) is 0.286. The van der Waals surface area contributed by atoms with Crippen molar-refractivity contribution in [1.82, 2.24) is 20.4 Å². The Morgan fingerprint density at radius 2 is 1.17 bits per heavy atom. The Bertz CT molecular complexity index is 704. The zero-order valence-corrected chi connectivity index (χ0v) is 16.4. The van der Waals surface area contributed by atoms with E-state index < -0.39 is 0 Å². The molecule has 0 fully saturated rings. The lowest BCUT2D eigenvalue weighted by molar-refractivity contribution is 1.01. The molecule has 0 saturated carbocycles. The highest BCUT2D eigenvalue weighted by atomic mass is 32.2. The van der Waals surface area contributed by atoms with Crippen LogP contribution in [0.4, 0.5) is 10.3 Å². The first-order valence-electron chi connectivity index (χ1n) is 7.12. The summed E-state index contributed by atoms with van der Waals surface area (Å²) in [6.45, 7) is 0. The molecular formula is C14H16N6S4. The molecule has 10 heteroatoms. The summed E-state index contributed by atoms with van der Waals surface area (Å²) in [5.41, 5.74) is 2.56. The van der Waals surface area contributed by atoms with E-state index in [1.54, 1.807) is 46.2 Å². The average molecular weight is 397 g/mol. The monoisotopic (exact) mass is 396 g/mol. The van der Waals surface area contributed by atoms with E-state index in [0.717, 1.165) is 30.4 Å². The van der Waals surface area contributed by atoms with Crippen LogP contribution in [0.25, 0.3) is 0 Å². The molecule has 0 radical (unpaired) electrons. The van der Waals surface area contributed by atoms with E-state index in [0.29, 0.717) is 0 Å². The standard InChI is InChI=1S/C14H16N6S4/c1-15-11-17-19-13(23-11)21-7-9-3-5-10(6-4-9)8-22-14-20-18-12(16-2)24-14/h3-6H,7-8H2,1-2H3,(H,15,17)(H,16,18). The van der Waals surface area contributed by atoms with Crippen LogP contribution in [0.2, 0.25) is 0 Å². The third kappa shape index (κ3) is 4.82. The van der Waals surface area contributed by atoms with Crippen LogP contribution >= 0.6 is 46.2 Å². The highest BCUT2D eigenvalue weighted by molar-refractivity contribution is 8.00.